The van der Waals surface area contributed by atoms with Crippen LogP contribution in [-0.2, 0) is 10.8 Å². The fraction of sp³-hybridized carbons (Fsp3) is 0.455. The maximum Gasteiger partial charge on any atom is 0.124 e. The summed E-state index contributed by atoms with van der Waals surface area (Å²) in [6, 6.07) is 6.09. The summed E-state index contributed by atoms with van der Waals surface area (Å²) in [6.45, 7) is 3.85. The molecule has 1 aromatic rings. The third-order valence-corrected chi connectivity index (χ3v) is 4.33. The van der Waals surface area contributed by atoms with Gasteiger partial charge in [-0.15, -0.1) is 0 Å². The Balaban J connectivity index is 2.85. The Bertz CT molecular complexity index is 356. The summed E-state index contributed by atoms with van der Waals surface area (Å²) in [7, 11) is 0.652. The van der Waals surface area contributed by atoms with Gasteiger partial charge in [-0.1, -0.05) is 6.07 Å². The number of hydrogen-bond donors (Lipinski definition) is 1. The predicted molar refractivity (Wildman–Crippen MR) is 60.8 cm³/mol. The smallest absolute Gasteiger partial charge is 0.124 e. The van der Waals surface area contributed by atoms with E-state index in [2.05, 4.69) is 5.32 Å². The van der Waals surface area contributed by atoms with Gasteiger partial charge in [-0.2, -0.15) is 0 Å². The molecule has 0 saturated carbocycles. The maximum absolute atomic E-state index is 12.9. The van der Waals surface area contributed by atoms with E-state index in [0.29, 0.717) is 4.90 Å². The lowest BCUT2D eigenvalue weighted by molar-refractivity contribution is 0.582. The van der Waals surface area contributed by atoms with Crippen LogP contribution in [0.1, 0.15) is 13.8 Å². The molecule has 0 aliphatic heterocycles. The van der Waals surface area contributed by atoms with Crippen molar-refractivity contribution in [3.8, 4) is 0 Å². The van der Waals surface area contributed by atoms with Crippen LogP contribution in [0.3, 0.4) is 0 Å². The molecular formula is C11H16FNOS. The fourth-order valence-electron chi connectivity index (χ4n) is 1.23. The van der Waals surface area contributed by atoms with Crippen molar-refractivity contribution in [2.45, 2.75) is 30.0 Å². The minimum Gasteiger partial charge on any atom is -0.316 e. The summed E-state index contributed by atoms with van der Waals surface area (Å²) in [6.07, 6.45) is 0. The number of benzene rings is 1. The van der Waals surface area contributed by atoms with Crippen molar-refractivity contribution >= 4 is 10.8 Å². The van der Waals surface area contributed by atoms with Crippen molar-refractivity contribution in [2.24, 2.45) is 0 Å². The van der Waals surface area contributed by atoms with Crippen molar-refractivity contribution in [1.29, 1.82) is 0 Å². The van der Waals surface area contributed by atoms with E-state index < -0.39 is 10.8 Å². The molecule has 0 aliphatic carbocycles. The van der Waals surface area contributed by atoms with E-state index in [1.165, 1.54) is 12.1 Å². The van der Waals surface area contributed by atoms with E-state index in [-0.39, 0.29) is 17.1 Å². The normalized spacial score (nSPS) is 17.1. The quantitative estimate of drug-likeness (QED) is 0.854. The molecule has 2 nitrogen and oxygen atoms in total. The highest BCUT2D eigenvalue weighted by molar-refractivity contribution is 7.85. The van der Waals surface area contributed by atoms with Gasteiger partial charge in [0.05, 0.1) is 16.0 Å². The molecule has 1 aromatic carbocycles. The topological polar surface area (TPSA) is 29.1 Å². The van der Waals surface area contributed by atoms with Crippen LogP contribution in [-0.4, -0.2) is 22.5 Å². The molecule has 0 amide bonds. The van der Waals surface area contributed by atoms with E-state index in [1.54, 1.807) is 12.1 Å². The van der Waals surface area contributed by atoms with Crippen molar-refractivity contribution in [2.75, 3.05) is 7.05 Å². The molecule has 84 valence electrons. The Hall–Kier alpha value is -0.740. The first-order valence-corrected chi connectivity index (χ1v) is 6.11. The number of hydrogen-bond acceptors (Lipinski definition) is 2. The summed E-state index contributed by atoms with van der Waals surface area (Å²) in [5, 5.41) is 3.00. The van der Waals surface area contributed by atoms with E-state index in [4.69, 9.17) is 0 Å². The van der Waals surface area contributed by atoms with Gasteiger partial charge in [-0.05, 0) is 39.1 Å². The molecule has 0 radical (unpaired) electrons. The van der Waals surface area contributed by atoms with Gasteiger partial charge in [0.25, 0.3) is 0 Å². The van der Waals surface area contributed by atoms with Crippen LogP contribution in [0, 0.1) is 5.82 Å². The first-order valence-electron chi connectivity index (χ1n) is 4.89. The van der Waals surface area contributed by atoms with Crippen molar-refractivity contribution < 1.29 is 8.60 Å². The van der Waals surface area contributed by atoms with Crippen LogP contribution in [0.2, 0.25) is 0 Å². The van der Waals surface area contributed by atoms with Gasteiger partial charge < -0.3 is 5.32 Å². The lowest BCUT2D eigenvalue weighted by Crippen LogP contribution is -2.35. The zero-order valence-corrected chi connectivity index (χ0v) is 9.98. The molecule has 15 heavy (non-hydrogen) atoms. The Morgan fingerprint density at radius 1 is 1.40 bits per heavy atom. The second kappa shape index (κ2) is 5.37. The molecule has 4 heteroatoms. The Morgan fingerprint density at radius 2 is 2.07 bits per heavy atom. The molecule has 3 atom stereocenters. The molecule has 1 rings (SSSR count). The van der Waals surface area contributed by atoms with Crippen molar-refractivity contribution in [1.82, 2.24) is 5.32 Å². The minimum atomic E-state index is -1.17. The van der Waals surface area contributed by atoms with Gasteiger partial charge in [0, 0.05) is 10.9 Å². The fourth-order valence-corrected chi connectivity index (χ4v) is 2.60. The van der Waals surface area contributed by atoms with Gasteiger partial charge in [0.1, 0.15) is 5.82 Å². The van der Waals surface area contributed by atoms with E-state index in [9.17, 15) is 8.60 Å². The van der Waals surface area contributed by atoms with Crippen LogP contribution in [0.25, 0.3) is 0 Å². The number of halogens is 1. The second-order valence-electron chi connectivity index (χ2n) is 3.54. The molecule has 0 aliphatic rings. The Morgan fingerprint density at radius 3 is 2.60 bits per heavy atom. The summed E-state index contributed by atoms with van der Waals surface area (Å²) in [5.74, 6) is -0.342. The monoisotopic (exact) mass is 229 g/mol. The molecule has 3 unspecified atom stereocenters. The van der Waals surface area contributed by atoms with E-state index >= 15 is 0 Å². The lowest BCUT2D eigenvalue weighted by atomic mass is 10.3. The summed E-state index contributed by atoms with van der Waals surface area (Å²) in [5.41, 5.74) is 0. The largest absolute Gasteiger partial charge is 0.316 e. The van der Waals surface area contributed by atoms with E-state index in [1.807, 2.05) is 20.9 Å². The highest BCUT2D eigenvalue weighted by atomic mass is 32.2. The van der Waals surface area contributed by atoms with E-state index in [0.717, 1.165) is 0 Å². The van der Waals surface area contributed by atoms with Crippen LogP contribution in [0.15, 0.2) is 29.2 Å². The Labute approximate surface area is 92.3 Å². The van der Waals surface area contributed by atoms with Crippen LogP contribution < -0.4 is 5.32 Å². The van der Waals surface area contributed by atoms with Gasteiger partial charge in [-0.25, -0.2) is 4.39 Å². The van der Waals surface area contributed by atoms with Crippen molar-refractivity contribution in [3.05, 3.63) is 30.1 Å². The summed E-state index contributed by atoms with van der Waals surface area (Å²) >= 11 is 0. The van der Waals surface area contributed by atoms with Gasteiger partial charge in [-0.3, -0.25) is 4.21 Å². The van der Waals surface area contributed by atoms with Gasteiger partial charge in [0.2, 0.25) is 0 Å². The molecular weight excluding hydrogens is 213 g/mol. The maximum atomic E-state index is 12.9. The second-order valence-corrected chi connectivity index (χ2v) is 5.35. The first kappa shape index (κ1) is 12.3. The average Bonchev–Trinajstić information content (AvgIpc) is 2.26. The van der Waals surface area contributed by atoms with Crippen LogP contribution in [0.4, 0.5) is 4.39 Å². The standard InChI is InChI=1S/C11H16FNOS/c1-8(13-3)9(2)15(14)11-6-4-5-10(12)7-11/h4-9,13H,1-3H3. The molecule has 0 spiro atoms. The number of rotatable bonds is 4. The SMILES string of the molecule is CNC(C)C(C)S(=O)c1cccc(F)c1. The average molecular weight is 229 g/mol. The third-order valence-electron chi connectivity index (χ3n) is 2.53. The molecule has 0 heterocycles. The van der Waals surface area contributed by atoms with Gasteiger partial charge in [0.15, 0.2) is 0 Å². The zero-order chi connectivity index (χ0) is 11.4. The summed E-state index contributed by atoms with van der Waals surface area (Å²) < 4.78 is 24.9. The molecule has 0 bridgehead atoms. The lowest BCUT2D eigenvalue weighted by Gasteiger charge is -2.18. The summed E-state index contributed by atoms with van der Waals surface area (Å²) in [4.78, 5) is 0.546. The van der Waals surface area contributed by atoms with Crippen molar-refractivity contribution in [3.63, 3.8) is 0 Å². The van der Waals surface area contributed by atoms with Crippen LogP contribution in [0.5, 0.6) is 0 Å². The highest BCUT2D eigenvalue weighted by Gasteiger charge is 2.18. The minimum absolute atomic E-state index is 0.0446. The number of nitrogens with one attached hydrogen (secondary N) is 1. The zero-order valence-electron chi connectivity index (χ0n) is 9.16. The van der Waals surface area contributed by atoms with Gasteiger partial charge >= 0.3 is 0 Å². The molecule has 0 saturated heterocycles. The first-order chi connectivity index (χ1) is 7.06. The van der Waals surface area contributed by atoms with Crippen LogP contribution >= 0.6 is 0 Å². The third kappa shape index (κ3) is 3.11. The Kier molecular flexibility index (Phi) is 4.42. The highest BCUT2D eigenvalue weighted by Crippen LogP contribution is 2.14. The molecule has 1 N–H and O–H groups in total. The predicted octanol–water partition coefficient (Wildman–Crippen LogP) is 1.93. The molecule has 0 fully saturated rings. The molecule has 0 aromatic heterocycles.